The summed E-state index contributed by atoms with van der Waals surface area (Å²) in [5, 5.41) is 0.741. The van der Waals surface area contributed by atoms with Crippen LogP contribution in [0.2, 0.25) is 0 Å². The lowest BCUT2D eigenvalue weighted by Gasteiger charge is -2.26. The second kappa shape index (κ2) is 6.10. The number of nitrogens with two attached hydrogens (primary N) is 1. The highest BCUT2D eigenvalue weighted by atomic mass is 32.2. The SMILES string of the molecule is CSC1CCCN(C(=O)C2CCCC2N)CC1. The van der Waals surface area contributed by atoms with Gasteiger partial charge in [0.05, 0.1) is 5.92 Å². The molecule has 2 rings (SSSR count). The smallest absolute Gasteiger partial charge is 0.227 e. The minimum absolute atomic E-state index is 0.112. The van der Waals surface area contributed by atoms with E-state index in [1.165, 1.54) is 6.42 Å². The zero-order chi connectivity index (χ0) is 12.3. The molecule has 1 amide bonds. The molecule has 3 unspecified atom stereocenters. The number of amides is 1. The minimum Gasteiger partial charge on any atom is -0.342 e. The number of thioether (sulfide) groups is 1. The third-order valence-electron chi connectivity index (χ3n) is 4.21. The molecule has 1 aliphatic heterocycles. The summed E-state index contributed by atoms with van der Waals surface area (Å²) in [5.74, 6) is 0.442. The van der Waals surface area contributed by atoms with E-state index in [0.29, 0.717) is 5.91 Å². The van der Waals surface area contributed by atoms with Gasteiger partial charge in [0.1, 0.15) is 0 Å². The molecule has 0 aromatic heterocycles. The van der Waals surface area contributed by atoms with Gasteiger partial charge in [-0.25, -0.2) is 0 Å². The Kier molecular flexibility index (Phi) is 4.74. The average Bonchev–Trinajstić information content (AvgIpc) is 2.64. The van der Waals surface area contributed by atoms with Crippen molar-refractivity contribution in [1.29, 1.82) is 0 Å². The Morgan fingerprint density at radius 2 is 2.00 bits per heavy atom. The molecule has 0 spiro atoms. The van der Waals surface area contributed by atoms with Gasteiger partial charge in [-0.05, 0) is 38.4 Å². The number of carbonyl (C=O) groups excluding carboxylic acids is 1. The number of nitrogens with zero attached hydrogens (tertiary/aromatic N) is 1. The predicted molar refractivity (Wildman–Crippen MR) is 73.1 cm³/mol. The normalized spacial score (nSPS) is 34.7. The van der Waals surface area contributed by atoms with Gasteiger partial charge in [-0.2, -0.15) is 11.8 Å². The van der Waals surface area contributed by atoms with Crippen LogP contribution in [0, 0.1) is 5.92 Å². The Hall–Kier alpha value is -0.220. The summed E-state index contributed by atoms with van der Waals surface area (Å²) in [4.78, 5) is 14.5. The third kappa shape index (κ3) is 3.16. The molecule has 4 heteroatoms. The molecular formula is C13H24N2OS. The van der Waals surface area contributed by atoms with E-state index in [2.05, 4.69) is 11.2 Å². The van der Waals surface area contributed by atoms with Crippen LogP contribution in [0.25, 0.3) is 0 Å². The van der Waals surface area contributed by atoms with Crippen LogP contribution in [0.5, 0.6) is 0 Å². The van der Waals surface area contributed by atoms with Gasteiger partial charge in [0.2, 0.25) is 5.91 Å². The van der Waals surface area contributed by atoms with Crippen molar-refractivity contribution in [2.24, 2.45) is 11.7 Å². The molecule has 1 saturated heterocycles. The number of hydrogen-bond donors (Lipinski definition) is 1. The summed E-state index contributed by atoms with van der Waals surface area (Å²) < 4.78 is 0. The van der Waals surface area contributed by atoms with Crippen LogP contribution >= 0.6 is 11.8 Å². The maximum absolute atomic E-state index is 12.4. The summed E-state index contributed by atoms with van der Waals surface area (Å²) >= 11 is 1.94. The zero-order valence-electron chi connectivity index (χ0n) is 10.7. The molecule has 3 nitrogen and oxygen atoms in total. The number of rotatable bonds is 2. The number of carbonyl (C=O) groups is 1. The van der Waals surface area contributed by atoms with Crippen molar-refractivity contribution in [2.45, 2.75) is 49.8 Å². The van der Waals surface area contributed by atoms with Crippen LogP contribution in [0.15, 0.2) is 0 Å². The Labute approximate surface area is 108 Å². The van der Waals surface area contributed by atoms with Gasteiger partial charge >= 0.3 is 0 Å². The Bertz CT molecular complexity index is 272. The van der Waals surface area contributed by atoms with E-state index in [1.54, 1.807) is 0 Å². The second-order valence-corrected chi connectivity index (χ2v) is 6.45. The lowest BCUT2D eigenvalue weighted by Crippen LogP contribution is -2.42. The fraction of sp³-hybridized carbons (Fsp3) is 0.923. The van der Waals surface area contributed by atoms with Crippen LogP contribution in [0.3, 0.4) is 0 Å². The second-order valence-electron chi connectivity index (χ2n) is 5.32. The largest absolute Gasteiger partial charge is 0.342 e. The van der Waals surface area contributed by atoms with E-state index in [1.807, 2.05) is 11.8 Å². The number of likely N-dealkylation sites (tertiary alicyclic amines) is 1. The third-order valence-corrected chi connectivity index (χ3v) is 5.34. The summed E-state index contributed by atoms with van der Waals surface area (Å²) in [5.41, 5.74) is 6.03. The fourth-order valence-electron chi connectivity index (χ4n) is 3.05. The van der Waals surface area contributed by atoms with Crippen molar-refractivity contribution in [3.05, 3.63) is 0 Å². The topological polar surface area (TPSA) is 46.3 Å². The van der Waals surface area contributed by atoms with E-state index in [9.17, 15) is 4.79 Å². The summed E-state index contributed by atoms with van der Waals surface area (Å²) in [6.45, 7) is 1.88. The maximum atomic E-state index is 12.4. The monoisotopic (exact) mass is 256 g/mol. The molecule has 3 atom stereocenters. The van der Waals surface area contributed by atoms with E-state index >= 15 is 0 Å². The van der Waals surface area contributed by atoms with E-state index < -0.39 is 0 Å². The van der Waals surface area contributed by atoms with Gasteiger partial charge in [0.15, 0.2) is 0 Å². The highest BCUT2D eigenvalue weighted by molar-refractivity contribution is 7.99. The number of hydrogen-bond acceptors (Lipinski definition) is 3. The lowest BCUT2D eigenvalue weighted by atomic mass is 10.0. The zero-order valence-corrected chi connectivity index (χ0v) is 11.5. The van der Waals surface area contributed by atoms with Crippen molar-refractivity contribution in [3.63, 3.8) is 0 Å². The van der Waals surface area contributed by atoms with Crippen LogP contribution in [0.1, 0.15) is 38.5 Å². The molecule has 1 aliphatic carbocycles. The van der Waals surface area contributed by atoms with Gasteiger partial charge in [-0.3, -0.25) is 4.79 Å². The average molecular weight is 256 g/mol. The van der Waals surface area contributed by atoms with Gasteiger partial charge in [-0.1, -0.05) is 6.42 Å². The standard InChI is InChI=1S/C13H24N2OS/c1-17-10-4-3-8-15(9-7-10)13(16)11-5-2-6-12(11)14/h10-12H,2-9,14H2,1H3. The maximum Gasteiger partial charge on any atom is 0.227 e. The Morgan fingerprint density at radius 1 is 1.18 bits per heavy atom. The van der Waals surface area contributed by atoms with Gasteiger partial charge in [-0.15, -0.1) is 0 Å². The lowest BCUT2D eigenvalue weighted by molar-refractivity contribution is -0.135. The summed E-state index contributed by atoms with van der Waals surface area (Å²) in [6, 6.07) is 0.113. The quantitative estimate of drug-likeness (QED) is 0.820. The van der Waals surface area contributed by atoms with Crippen LogP contribution < -0.4 is 5.73 Å². The Balaban J connectivity index is 1.90. The van der Waals surface area contributed by atoms with E-state index in [0.717, 1.165) is 50.4 Å². The minimum atomic E-state index is 0.112. The van der Waals surface area contributed by atoms with Crippen molar-refractivity contribution >= 4 is 17.7 Å². The molecule has 17 heavy (non-hydrogen) atoms. The van der Waals surface area contributed by atoms with Crippen molar-refractivity contribution in [2.75, 3.05) is 19.3 Å². The molecule has 1 heterocycles. The summed E-state index contributed by atoms with van der Waals surface area (Å²) in [6.07, 6.45) is 8.88. The molecule has 0 aromatic carbocycles. The predicted octanol–water partition coefficient (Wildman–Crippen LogP) is 1.86. The van der Waals surface area contributed by atoms with Gasteiger partial charge in [0.25, 0.3) is 0 Å². The first-order chi connectivity index (χ1) is 8.22. The van der Waals surface area contributed by atoms with Crippen molar-refractivity contribution in [1.82, 2.24) is 4.90 Å². The van der Waals surface area contributed by atoms with E-state index in [-0.39, 0.29) is 12.0 Å². The molecule has 0 aromatic rings. The van der Waals surface area contributed by atoms with Gasteiger partial charge < -0.3 is 10.6 Å². The van der Waals surface area contributed by atoms with Crippen molar-refractivity contribution < 1.29 is 4.79 Å². The van der Waals surface area contributed by atoms with E-state index in [4.69, 9.17) is 5.73 Å². The first kappa shape index (κ1) is 13.2. The molecular weight excluding hydrogens is 232 g/mol. The highest BCUT2D eigenvalue weighted by Gasteiger charge is 2.33. The molecule has 98 valence electrons. The van der Waals surface area contributed by atoms with Crippen LogP contribution in [-0.4, -0.2) is 41.4 Å². The van der Waals surface area contributed by atoms with Crippen LogP contribution in [0.4, 0.5) is 0 Å². The first-order valence-corrected chi connectivity index (χ1v) is 8.08. The Morgan fingerprint density at radius 3 is 2.65 bits per heavy atom. The fourth-order valence-corrected chi connectivity index (χ4v) is 3.80. The molecule has 1 saturated carbocycles. The molecule has 0 bridgehead atoms. The van der Waals surface area contributed by atoms with Crippen LogP contribution in [-0.2, 0) is 4.79 Å². The molecule has 0 radical (unpaired) electrons. The molecule has 2 N–H and O–H groups in total. The highest BCUT2D eigenvalue weighted by Crippen LogP contribution is 2.28. The van der Waals surface area contributed by atoms with Crippen molar-refractivity contribution in [3.8, 4) is 0 Å². The van der Waals surface area contributed by atoms with Gasteiger partial charge in [0, 0.05) is 24.4 Å². The first-order valence-electron chi connectivity index (χ1n) is 6.79. The summed E-state index contributed by atoms with van der Waals surface area (Å²) in [7, 11) is 0. The molecule has 2 fully saturated rings. The molecule has 2 aliphatic rings.